The van der Waals surface area contributed by atoms with Gasteiger partial charge in [0, 0.05) is 17.1 Å². The number of benzene rings is 1. The number of pyridine rings is 1. The van der Waals surface area contributed by atoms with E-state index >= 15 is 0 Å². The number of fused-ring (bicyclic) bond motifs is 1. The first-order chi connectivity index (χ1) is 14.7. The minimum absolute atomic E-state index is 0.302. The maximum Gasteiger partial charge on any atom is 0.335 e. The zero-order valence-corrected chi connectivity index (χ0v) is 16.8. The van der Waals surface area contributed by atoms with Crippen LogP contribution in [0, 0.1) is 0 Å². The number of aromatic carboxylic acids is 1. The Labute approximate surface area is 175 Å². The van der Waals surface area contributed by atoms with Gasteiger partial charge in [0.05, 0.1) is 41.5 Å². The van der Waals surface area contributed by atoms with Gasteiger partial charge in [-0.1, -0.05) is 31.4 Å². The minimum atomic E-state index is -0.911. The van der Waals surface area contributed by atoms with Gasteiger partial charge in [-0.25, -0.2) is 4.79 Å². The normalized spacial score (nSPS) is 14.9. The molecule has 1 N–H and O–H groups in total. The third-order valence-corrected chi connectivity index (χ3v) is 6.20. The quantitative estimate of drug-likeness (QED) is 0.440. The van der Waals surface area contributed by atoms with E-state index in [1.807, 2.05) is 30.3 Å². The van der Waals surface area contributed by atoms with Crippen LogP contribution in [0.15, 0.2) is 65.6 Å². The molecule has 0 spiro atoms. The van der Waals surface area contributed by atoms with Crippen molar-refractivity contribution in [1.29, 1.82) is 0 Å². The Morgan fingerprint density at radius 2 is 2.00 bits per heavy atom. The predicted molar refractivity (Wildman–Crippen MR) is 116 cm³/mol. The fourth-order valence-electron chi connectivity index (χ4n) is 4.84. The summed E-state index contributed by atoms with van der Waals surface area (Å²) in [6, 6.07) is 13.4. The monoisotopic (exact) mass is 400 g/mol. The summed E-state index contributed by atoms with van der Waals surface area (Å²) in [6.07, 6.45) is 11.4. The van der Waals surface area contributed by atoms with Gasteiger partial charge in [-0.2, -0.15) is 0 Å². The van der Waals surface area contributed by atoms with Crippen molar-refractivity contribution >= 4 is 16.9 Å². The van der Waals surface area contributed by atoms with Crippen molar-refractivity contribution in [2.45, 2.75) is 44.6 Å². The number of aromatic nitrogens is 2. The molecule has 0 radical (unpaired) electrons. The SMILES string of the molecule is O=C(O)c1ccc2c(C3CCCCC3)c(-c3ccoc3)n(Cc3ccccn3)c2c1. The number of carbonyl (C=O) groups is 1. The molecule has 3 aromatic heterocycles. The molecule has 0 saturated heterocycles. The number of carboxylic acids is 1. The molecule has 3 heterocycles. The number of carboxylic acid groups (broad SMARTS) is 1. The second kappa shape index (κ2) is 7.82. The molecule has 1 aliphatic carbocycles. The van der Waals surface area contributed by atoms with Gasteiger partial charge >= 0.3 is 5.97 Å². The van der Waals surface area contributed by atoms with Gasteiger partial charge in [-0.15, -0.1) is 0 Å². The molecule has 152 valence electrons. The lowest BCUT2D eigenvalue weighted by Crippen LogP contribution is -2.08. The number of hydrogen-bond acceptors (Lipinski definition) is 3. The lowest BCUT2D eigenvalue weighted by atomic mass is 9.82. The second-order valence-electron chi connectivity index (χ2n) is 8.05. The third kappa shape index (κ3) is 3.30. The van der Waals surface area contributed by atoms with Gasteiger partial charge in [0.15, 0.2) is 0 Å². The first-order valence-electron chi connectivity index (χ1n) is 10.5. The zero-order valence-electron chi connectivity index (χ0n) is 16.8. The van der Waals surface area contributed by atoms with Crippen molar-refractivity contribution in [2.75, 3.05) is 0 Å². The highest BCUT2D eigenvalue weighted by molar-refractivity contribution is 5.98. The van der Waals surface area contributed by atoms with Crippen LogP contribution in [0.1, 0.15) is 59.6 Å². The van der Waals surface area contributed by atoms with Gasteiger partial charge in [0.1, 0.15) is 0 Å². The number of furan rings is 1. The van der Waals surface area contributed by atoms with Crippen LogP contribution in [0.25, 0.3) is 22.2 Å². The van der Waals surface area contributed by atoms with Crippen LogP contribution in [0.4, 0.5) is 0 Å². The van der Waals surface area contributed by atoms with E-state index in [1.54, 1.807) is 30.9 Å². The summed E-state index contributed by atoms with van der Waals surface area (Å²) in [5.74, 6) is -0.446. The molecule has 0 bridgehead atoms. The summed E-state index contributed by atoms with van der Waals surface area (Å²) >= 11 is 0. The number of hydrogen-bond donors (Lipinski definition) is 1. The summed E-state index contributed by atoms with van der Waals surface area (Å²) < 4.78 is 7.67. The first kappa shape index (κ1) is 18.7. The van der Waals surface area contributed by atoms with Crippen LogP contribution >= 0.6 is 0 Å². The minimum Gasteiger partial charge on any atom is -0.478 e. The van der Waals surface area contributed by atoms with Gasteiger partial charge in [-0.05, 0) is 54.7 Å². The molecule has 5 nitrogen and oxygen atoms in total. The molecule has 4 aromatic rings. The van der Waals surface area contributed by atoms with Gasteiger partial charge in [0.2, 0.25) is 0 Å². The van der Waals surface area contributed by atoms with Crippen LogP contribution in [0.2, 0.25) is 0 Å². The molecule has 1 saturated carbocycles. The Morgan fingerprint density at radius 3 is 2.70 bits per heavy atom. The number of nitrogens with zero attached hydrogens (tertiary/aromatic N) is 2. The number of rotatable bonds is 5. The van der Waals surface area contributed by atoms with E-state index in [-0.39, 0.29) is 0 Å². The van der Waals surface area contributed by atoms with E-state index in [9.17, 15) is 9.90 Å². The second-order valence-corrected chi connectivity index (χ2v) is 8.05. The van der Waals surface area contributed by atoms with Crippen molar-refractivity contribution in [3.63, 3.8) is 0 Å². The largest absolute Gasteiger partial charge is 0.478 e. The highest BCUT2D eigenvalue weighted by Gasteiger charge is 2.27. The van der Waals surface area contributed by atoms with E-state index < -0.39 is 5.97 Å². The summed E-state index contributed by atoms with van der Waals surface area (Å²) in [5.41, 5.74) is 5.65. The molecule has 0 atom stereocenters. The molecular formula is C25H24N2O3. The molecule has 1 aromatic carbocycles. The molecule has 5 heteroatoms. The lowest BCUT2D eigenvalue weighted by Gasteiger charge is -2.23. The summed E-state index contributed by atoms with van der Waals surface area (Å²) in [6.45, 7) is 0.577. The van der Waals surface area contributed by atoms with Crippen molar-refractivity contribution in [3.05, 3.63) is 78.0 Å². The molecule has 5 rings (SSSR count). The van der Waals surface area contributed by atoms with E-state index in [0.717, 1.165) is 40.7 Å². The van der Waals surface area contributed by atoms with Crippen LogP contribution in [0.5, 0.6) is 0 Å². The average Bonchev–Trinajstić information content (AvgIpc) is 3.41. The third-order valence-electron chi connectivity index (χ3n) is 6.20. The molecular weight excluding hydrogens is 376 g/mol. The van der Waals surface area contributed by atoms with Gasteiger partial charge in [-0.3, -0.25) is 4.98 Å². The van der Waals surface area contributed by atoms with Crippen LogP contribution in [-0.2, 0) is 6.54 Å². The highest BCUT2D eigenvalue weighted by atomic mass is 16.4. The molecule has 30 heavy (non-hydrogen) atoms. The van der Waals surface area contributed by atoms with Crippen LogP contribution in [0.3, 0.4) is 0 Å². The highest BCUT2D eigenvalue weighted by Crippen LogP contribution is 2.44. The van der Waals surface area contributed by atoms with Crippen LogP contribution in [-0.4, -0.2) is 20.6 Å². The zero-order chi connectivity index (χ0) is 20.5. The van der Waals surface area contributed by atoms with E-state index in [1.165, 1.54) is 24.8 Å². The Morgan fingerprint density at radius 1 is 1.13 bits per heavy atom. The first-order valence-corrected chi connectivity index (χ1v) is 10.5. The predicted octanol–water partition coefficient (Wildman–Crippen LogP) is 6.09. The maximum atomic E-state index is 11.7. The fraction of sp³-hybridized carbons (Fsp3) is 0.280. The molecule has 1 fully saturated rings. The molecule has 0 aliphatic heterocycles. The van der Waals surface area contributed by atoms with E-state index in [0.29, 0.717) is 18.0 Å². The molecule has 0 amide bonds. The topological polar surface area (TPSA) is 68.3 Å². The van der Waals surface area contributed by atoms with Crippen molar-refractivity contribution in [2.24, 2.45) is 0 Å². The van der Waals surface area contributed by atoms with Crippen molar-refractivity contribution in [1.82, 2.24) is 9.55 Å². The Kier molecular flexibility index (Phi) is 4.87. The Balaban J connectivity index is 1.80. The fourth-order valence-corrected chi connectivity index (χ4v) is 4.84. The van der Waals surface area contributed by atoms with E-state index in [2.05, 4.69) is 9.55 Å². The smallest absolute Gasteiger partial charge is 0.335 e. The molecule has 0 unspecified atom stereocenters. The maximum absolute atomic E-state index is 11.7. The Bertz CT molecular complexity index is 1170. The van der Waals surface area contributed by atoms with Crippen molar-refractivity contribution in [3.8, 4) is 11.3 Å². The van der Waals surface area contributed by atoms with Gasteiger partial charge in [0.25, 0.3) is 0 Å². The Hall–Kier alpha value is -3.34. The standard InChI is InChI=1S/C25H24N2O3/c28-25(29)18-9-10-21-22(14-18)27(15-20-8-4-5-12-26-20)24(19-11-13-30-16-19)23(21)17-6-2-1-3-7-17/h4-5,8-14,16-17H,1-3,6-7,15H2,(H,28,29). The summed E-state index contributed by atoms with van der Waals surface area (Å²) in [7, 11) is 0. The summed E-state index contributed by atoms with van der Waals surface area (Å²) in [4.78, 5) is 16.2. The summed E-state index contributed by atoms with van der Waals surface area (Å²) in [5, 5.41) is 10.7. The van der Waals surface area contributed by atoms with E-state index in [4.69, 9.17) is 4.42 Å². The lowest BCUT2D eigenvalue weighted by molar-refractivity contribution is 0.0697. The van der Waals surface area contributed by atoms with Crippen molar-refractivity contribution < 1.29 is 14.3 Å². The molecule has 1 aliphatic rings. The average molecular weight is 400 g/mol. The van der Waals surface area contributed by atoms with Crippen LogP contribution < -0.4 is 0 Å². The van der Waals surface area contributed by atoms with Gasteiger partial charge < -0.3 is 14.1 Å².